The number of nitrogens with one attached hydrogen (secondary N) is 2. The van der Waals surface area contributed by atoms with Crippen LogP contribution in [0.1, 0.15) is 5.56 Å². The minimum absolute atomic E-state index is 0.0606. The van der Waals surface area contributed by atoms with Crippen LogP contribution in [0.2, 0.25) is 0 Å². The van der Waals surface area contributed by atoms with E-state index in [4.69, 9.17) is 0 Å². The number of carbonyl (C=O) groups excluding carboxylic acids is 2. The number of halogens is 3. The van der Waals surface area contributed by atoms with Crippen LogP contribution >= 0.6 is 0 Å². The molecule has 3 rings (SSSR count). The van der Waals surface area contributed by atoms with E-state index in [0.29, 0.717) is 31.9 Å². The molecule has 0 aromatic heterocycles. The highest BCUT2D eigenvalue weighted by Gasteiger charge is 2.37. The summed E-state index contributed by atoms with van der Waals surface area (Å²) in [5.74, 6) is 0. The van der Waals surface area contributed by atoms with Gasteiger partial charge in [-0.15, -0.1) is 0 Å². The first kappa shape index (κ1) is 15.4. The Kier molecular flexibility index (Phi) is 3.78. The van der Waals surface area contributed by atoms with Crippen molar-refractivity contribution < 1.29 is 22.8 Å². The fourth-order valence-corrected chi connectivity index (χ4v) is 2.73. The minimum Gasteiger partial charge on any atom is -0.336 e. The molecule has 0 bridgehead atoms. The Hall–Kier alpha value is -2.45. The standard InChI is InChI=1S/C14H15F3N4O2/c15-14(16,17)9-1-3-10(4-2-9)19-13(23)20-5-6-21-11(8-20)7-18-12(21)22/h1-4,11H,5-8H2,(H,18,22)(H,19,23)/t11-/m1/s1. The Bertz CT molecular complexity index is 617. The summed E-state index contributed by atoms with van der Waals surface area (Å²) >= 11 is 0. The van der Waals surface area contributed by atoms with Gasteiger partial charge in [0.25, 0.3) is 0 Å². The first-order valence-electron chi connectivity index (χ1n) is 7.12. The van der Waals surface area contributed by atoms with Crippen LogP contribution in [0.5, 0.6) is 0 Å². The zero-order valence-corrected chi connectivity index (χ0v) is 12.1. The van der Waals surface area contributed by atoms with E-state index in [-0.39, 0.29) is 18.1 Å². The van der Waals surface area contributed by atoms with Crippen molar-refractivity contribution >= 4 is 17.7 Å². The second-order valence-corrected chi connectivity index (χ2v) is 5.48. The lowest BCUT2D eigenvalue weighted by Gasteiger charge is -2.36. The van der Waals surface area contributed by atoms with Crippen LogP contribution in [0.25, 0.3) is 0 Å². The predicted molar refractivity (Wildman–Crippen MR) is 75.9 cm³/mol. The molecule has 2 aliphatic heterocycles. The molecule has 1 atom stereocenters. The highest BCUT2D eigenvalue weighted by molar-refractivity contribution is 5.89. The van der Waals surface area contributed by atoms with Gasteiger partial charge >= 0.3 is 18.2 Å². The number of benzene rings is 1. The van der Waals surface area contributed by atoms with Gasteiger partial charge in [0, 0.05) is 31.9 Å². The molecule has 124 valence electrons. The molecule has 0 aliphatic carbocycles. The van der Waals surface area contributed by atoms with E-state index in [1.165, 1.54) is 12.1 Å². The van der Waals surface area contributed by atoms with Crippen molar-refractivity contribution in [3.8, 4) is 0 Å². The number of nitrogens with zero attached hydrogens (tertiary/aromatic N) is 2. The number of carbonyl (C=O) groups is 2. The average molecular weight is 328 g/mol. The van der Waals surface area contributed by atoms with Gasteiger partial charge in [0.2, 0.25) is 0 Å². The van der Waals surface area contributed by atoms with Crippen molar-refractivity contribution in [1.82, 2.24) is 15.1 Å². The number of hydrogen-bond acceptors (Lipinski definition) is 2. The molecule has 23 heavy (non-hydrogen) atoms. The van der Waals surface area contributed by atoms with Crippen molar-refractivity contribution in [1.29, 1.82) is 0 Å². The molecule has 4 amide bonds. The van der Waals surface area contributed by atoms with Gasteiger partial charge in [-0.25, -0.2) is 9.59 Å². The molecule has 0 spiro atoms. The summed E-state index contributed by atoms with van der Waals surface area (Å²) in [6, 6.07) is 3.71. The molecule has 1 aromatic carbocycles. The molecule has 1 aromatic rings. The SMILES string of the molecule is O=C(Nc1ccc(C(F)(F)F)cc1)N1CCN2C(=O)NC[C@@H]2C1. The summed E-state index contributed by atoms with van der Waals surface area (Å²) in [7, 11) is 0. The third-order valence-electron chi connectivity index (χ3n) is 3.98. The second-order valence-electron chi connectivity index (χ2n) is 5.48. The average Bonchev–Trinajstić information content (AvgIpc) is 2.88. The van der Waals surface area contributed by atoms with Crippen molar-refractivity contribution in [2.24, 2.45) is 0 Å². The van der Waals surface area contributed by atoms with Crippen LogP contribution in [0, 0.1) is 0 Å². The van der Waals surface area contributed by atoms with E-state index in [1.807, 2.05) is 0 Å². The smallest absolute Gasteiger partial charge is 0.336 e. The zero-order valence-electron chi connectivity index (χ0n) is 12.1. The Balaban J connectivity index is 1.60. The lowest BCUT2D eigenvalue weighted by Crippen LogP contribution is -2.54. The van der Waals surface area contributed by atoms with E-state index >= 15 is 0 Å². The largest absolute Gasteiger partial charge is 0.416 e. The molecule has 6 nitrogen and oxygen atoms in total. The monoisotopic (exact) mass is 328 g/mol. The molecule has 2 fully saturated rings. The van der Waals surface area contributed by atoms with Gasteiger partial charge in [0.05, 0.1) is 11.6 Å². The molecular formula is C14H15F3N4O2. The van der Waals surface area contributed by atoms with Gasteiger partial charge in [-0.2, -0.15) is 13.2 Å². The van der Waals surface area contributed by atoms with Gasteiger partial charge in [0.15, 0.2) is 0 Å². The van der Waals surface area contributed by atoms with Crippen LogP contribution in [0.15, 0.2) is 24.3 Å². The van der Waals surface area contributed by atoms with Gasteiger partial charge < -0.3 is 20.4 Å². The van der Waals surface area contributed by atoms with E-state index in [2.05, 4.69) is 10.6 Å². The summed E-state index contributed by atoms with van der Waals surface area (Å²) in [5.41, 5.74) is -0.467. The summed E-state index contributed by atoms with van der Waals surface area (Å²) in [6.45, 7) is 1.71. The predicted octanol–water partition coefficient (Wildman–Crippen LogP) is 1.95. The van der Waals surface area contributed by atoms with E-state index in [0.717, 1.165) is 12.1 Å². The molecule has 0 radical (unpaired) electrons. The molecule has 2 saturated heterocycles. The third-order valence-corrected chi connectivity index (χ3v) is 3.98. The topological polar surface area (TPSA) is 64.7 Å². The first-order chi connectivity index (χ1) is 10.8. The van der Waals surface area contributed by atoms with E-state index in [9.17, 15) is 22.8 Å². The van der Waals surface area contributed by atoms with Crippen molar-refractivity contribution in [3.63, 3.8) is 0 Å². The Morgan fingerprint density at radius 3 is 2.57 bits per heavy atom. The molecule has 0 saturated carbocycles. The van der Waals surface area contributed by atoms with Gasteiger partial charge in [-0.05, 0) is 24.3 Å². The van der Waals surface area contributed by atoms with Crippen LogP contribution in [-0.4, -0.2) is 54.1 Å². The molecule has 2 heterocycles. The van der Waals surface area contributed by atoms with Gasteiger partial charge in [-0.3, -0.25) is 0 Å². The quantitative estimate of drug-likeness (QED) is 0.827. The van der Waals surface area contributed by atoms with Gasteiger partial charge in [-0.1, -0.05) is 0 Å². The lowest BCUT2D eigenvalue weighted by atomic mass is 10.2. The summed E-state index contributed by atoms with van der Waals surface area (Å²) in [6.07, 6.45) is -4.40. The van der Waals surface area contributed by atoms with Gasteiger partial charge in [0.1, 0.15) is 0 Å². The van der Waals surface area contributed by atoms with Crippen LogP contribution < -0.4 is 10.6 Å². The van der Waals surface area contributed by atoms with E-state index < -0.39 is 11.7 Å². The number of fused-ring (bicyclic) bond motifs is 1. The minimum atomic E-state index is -4.40. The molecule has 2 aliphatic rings. The Morgan fingerprint density at radius 1 is 1.22 bits per heavy atom. The van der Waals surface area contributed by atoms with E-state index in [1.54, 1.807) is 9.80 Å². The number of rotatable bonds is 1. The van der Waals surface area contributed by atoms with Crippen molar-refractivity contribution in [2.45, 2.75) is 12.2 Å². The van der Waals surface area contributed by atoms with Crippen LogP contribution in [0.4, 0.5) is 28.4 Å². The maximum Gasteiger partial charge on any atom is 0.416 e. The zero-order chi connectivity index (χ0) is 16.6. The molecule has 2 N–H and O–H groups in total. The summed E-state index contributed by atoms with van der Waals surface area (Å²) in [5, 5.41) is 5.29. The fourth-order valence-electron chi connectivity index (χ4n) is 2.73. The maximum atomic E-state index is 12.5. The highest BCUT2D eigenvalue weighted by atomic mass is 19.4. The van der Waals surface area contributed by atoms with Crippen LogP contribution in [0.3, 0.4) is 0 Å². The van der Waals surface area contributed by atoms with Crippen LogP contribution in [-0.2, 0) is 6.18 Å². The first-order valence-corrected chi connectivity index (χ1v) is 7.12. The summed E-state index contributed by atoms with van der Waals surface area (Å²) in [4.78, 5) is 26.9. The number of alkyl halides is 3. The highest BCUT2D eigenvalue weighted by Crippen LogP contribution is 2.29. The van der Waals surface area contributed by atoms with Crippen molar-refractivity contribution in [2.75, 3.05) is 31.5 Å². The second kappa shape index (κ2) is 5.64. The molecule has 0 unspecified atom stereocenters. The lowest BCUT2D eigenvalue weighted by molar-refractivity contribution is -0.137. The number of urea groups is 2. The summed E-state index contributed by atoms with van der Waals surface area (Å²) < 4.78 is 37.5. The Morgan fingerprint density at radius 2 is 1.91 bits per heavy atom. The fraction of sp³-hybridized carbons (Fsp3) is 0.429. The number of amides is 4. The number of piperazine rings is 1. The number of hydrogen-bond donors (Lipinski definition) is 2. The third kappa shape index (κ3) is 3.17. The number of anilines is 1. The maximum absolute atomic E-state index is 12.5. The Labute approximate surface area is 130 Å². The molecular weight excluding hydrogens is 313 g/mol. The van der Waals surface area contributed by atoms with Crippen molar-refractivity contribution in [3.05, 3.63) is 29.8 Å². The molecule has 9 heteroatoms. The normalized spacial score (nSPS) is 21.0.